The quantitative estimate of drug-likeness (QED) is 0.482. The first-order valence-corrected chi connectivity index (χ1v) is 14.0. The molecule has 1 amide bonds. The number of hydrogen-bond donors (Lipinski definition) is 3. The second-order valence-electron chi connectivity index (χ2n) is 12.1. The highest BCUT2D eigenvalue weighted by Gasteiger charge is 2.73. The number of amides is 1. The third kappa shape index (κ3) is 3.06. The molecule has 5 atom stereocenters. The fourth-order valence-corrected chi connectivity index (χ4v) is 8.27. The van der Waals surface area contributed by atoms with Gasteiger partial charge in [0, 0.05) is 23.5 Å². The molecule has 198 valence electrons. The minimum Gasteiger partial charge on any atom is -0.504 e. The Morgan fingerprint density at radius 2 is 2.05 bits per heavy atom. The maximum Gasteiger partial charge on any atom is 0.270 e. The molecule has 3 fully saturated rings. The van der Waals surface area contributed by atoms with E-state index < -0.39 is 17.1 Å². The fourth-order valence-electron chi connectivity index (χ4n) is 8.27. The van der Waals surface area contributed by atoms with Crippen molar-refractivity contribution in [3.63, 3.8) is 0 Å². The lowest BCUT2D eigenvalue weighted by molar-refractivity contribution is -0.191. The summed E-state index contributed by atoms with van der Waals surface area (Å²) in [6, 6.07) is 14.5. The minimum atomic E-state index is -1.01. The number of aliphatic hydroxyl groups is 1. The average molecular weight is 523 g/mol. The lowest BCUT2D eigenvalue weighted by atomic mass is 9.48. The molecule has 3 N–H and O–H groups in total. The van der Waals surface area contributed by atoms with Crippen LogP contribution in [0.4, 0.5) is 0 Å². The van der Waals surface area contributed by atoms with Crippen molar-refractivity contribution >= 4 is 16.7 Å². The van der Waals surface area contributed by atoms with Crippen LogP contribution in [0.2, 0.25) is 0 Å². The molecule has 8 nitrogen and oxygen atoms in total. The van der Waals surface area contributed by atoms with E-state index >= 15 is 0 Å². The van der Waals surface area contributed by atoms with E-state index in [1.54, 1.807) is 12.1 Å². The highest BCUT2D eigenvalue weighted by Crippen LogP contribution is 2.65. The summed E-state index contributed by atoms with van der Waals surface area (Å²) in [6.45, 7) is 1.88. The molecular formula is C31H30N4O4. The van der Waals surface area contributed by atoms with Gasteiger partial charge in [0.2, 0.25) is 0 Å². The summed E-state index contributed by atoms with van der Waals surface area (Å²) in [5.41, 5.74) is 0.752. The van der Waals surface area contributed by atoms with Gasteiger partial charge in [-0.2, -0.15) is 5.26 Å². The maximum absolute atomic E-state index is 13.6. The molecule has 3 heterocycles. The van der Waals surface area contributed by atoms with Crippen LogP contribution in [0.5, 0.6) is 11.5 Å². The van der Waals surface area contributed by atoms with Crippen molar-refractivity contribution in [2.75, 3.05) is 13.1 Å². The molecule has 8 heteroatoms. The number of aromatic nitrogens is 1. The van der Waals surface area contributed by atoms with Crippen molar-refractivity contribution in [1.82, 2.24) is 15.2 Å². The van der Waals surface area contributed by atoms with E-state index in [1.165, 1.54) is 12.8 Å². The zero-order valence-corrected chi connectivity index (χ0v) is 21.6. The summed E-state index contributed by atoms with van der Waals surface area (Å²) >= 11 is 0. The molecule has 0 unspecified atom stereocenters. The summed E-state index contributed by atoms with van der Waals surface area (Å²) in [5.74, 6) is 0.894. The summed E-state index contributed by atoms with van der Waals surface area (Å²) < 4.78 is 6.55. The number of pyridine rings is 1. The second-order valence-corrected chi connectivity index (χ2v) is 12.1. The first kappa shape index (κ1) is 23.2. The number of aromatic hydroxyl groups is 1. The number of nitrogens with one attached hydrogen (secondary N) is 1. The molecule has 0 radical (unpaired) electrons. The van der Waals surface area contributed by atoms with Gasteiger partial charge in [0.15, 0.2) is 11.5 Å². The molecule has 39 heavy (non-hydrogen) atoms. The Hall–Kier alpha value is -3.67. The second kappa shape index (κ2) is 7.93. The smallest absolute Gasteiger partial charge is 0.270 e. The Morgan fingerprint density at radius 1 is 1.21 bits per heavy atom. The van der Waals surface area contributed by atoms with E-state index in [-0.39, 0.29) is 35.1 Å². The summed E-state index contributed by atoms with van der Waals surface area (Å²) in [4.78, 5) is 20.5. The van der Waals surface area contributed by atoms with Crippen molar-refractivity contribution in [3.8, 4) is 17.6 Å². The van der Waals surface area contributed by atoms with Gasteiger partial charge in [-0.05, 0) is 74.1 Å². The van der Waals surface area contributed by atoms with Crippen LogP contribution in [0.25, 0.3) is 10.8 Å². The van der Waals surface area contributed by atoms with E-state index in [2.05, 4.69) is 21.3 Å². The van der Waals surface area contributed by atoms with Crippen LogP contribution in [0.1, 0.15) is 59.4 Å². The highest BCUT2D eigenvalue weighted by atomic mass is 16.5. The van der Waals surface area contributed by atoms with Gasteiger partial charge in [-0.15, -0.1) is 0 Å². The molecule has 1 aromatic heterocycles. The molecule has 2 aliphatic heterocycles. The van der Waals surface area contributed by atoms with Crippen molar-refractivity contribution < 1.29 is 19.7 Å². The third-order valence-electron chi connectivity index (χ3n) is 10.2. The third-order valence-corrected chi connectivity index (χ3v) is 10.2. The molecule has 2 bridgehead atoms. The summed E-state index contributed by atoms with van der Waals surface area (Å²) in [7, 11) is 0. The van der Waals surface area contributed by atoms with E-state index in [0.717, 1.165) is 41.9 Å². The average Bonchev–Trinajstić information content (AvgIpc) is 3.69. The zero-order chi connectivity index (χ0) is 26.5. The van der Waals surface area contributed by atoms with E-state index in [1.807, 2.05) is 30.3 Å². The number of likely N-dealkylation sites (tertiary alicyclic amines) is 1. The number of carbonyl (C=O) groups is 1. The number of hydrogen-bond acceptors (Lipinski definition) is 7. The molecule has 3 aliphatic carbocycles. The monoisotopic (exact) mass is 522 g/mol. The van der Waals surface area contributed by atoms with Crippen molar-refractivity contribution in [2.24, 2.45) is 5.92 Å². The van der Waals surface area contributed by atoms with Crippen LogP contribution in [-0.4, -0.2) is 62.9 Å². The number of phenols is 1. The van der Waals surface area contributed by atoms with Gasteiger partial charge in [0.1, 0.15) is 23.6 Å². The SMILES string of the molecule is N#Cc1nc(C(=O)N[C@H]2CC[C@@]3(O)[C@H]4Cc5ccc(O)c6c5[C@@]3(CCN4CC3CC3)[C@H]2O6)cc2ccccc12. The van der Waals surface area contributed by atoms with E-state index in [9.17, 15) is 20.3 Å². The van der Waals surface area contributed by atoms with E-state index in [4.69, 9.17) is 4.74 Å². The topological polar surface area (TPSA) is 119 Å². The molecule has 2 aromatic carbocycles. The molecule has 5 aliphatic rings. The molecule has 3 aromatic rings. The maximum atomic E-state index is 13.6. The van der Waals surface area contributed by atoms with Crippen LogP contribution < -0.4 is 10.1 Å². The molecule has 1 spiro atoms. The van der Waals surface area contributed by atoms with E-state index in [0.29, 0.717) is 30.4 Å². The Bertz CT molecular complexity index is 1600. The first-order chi connectivity index (χ1) is 18.9. The van der Waals surface area contributed by atoms with Crippen LogP contribution in [0.15, 0.2) is 42.5 Å². The Labute approximate surface area is 226 Å². The number of piperidine rings is 1. The zero-order valence-electron chi connectivity index (χ0n) is 21.6. The minimum absolute atomic E-state index is 0.0158. The normalized spacial score (nSPS) is 32.3. The largest absolute Gasteiger partial charge is 0.504 e. The predicted octanol–water partition coefficient (Wildman–Crippen LogP) is 3.17. The number of nitrogens with zero attached hydrogens (tertiary/aromatic N) is 3. The Kier molecular flexibility index (Phi) is 4.73. The number of nitriles is 1. The number of fused-ring (bicyclic) bond motifs is 1. The Balaban J connectivity index is 1.18. The van der Waals surface area contributed by atoms with Crippen molar-refractivity contribution in [2.45, 2.75) is 67.7 Å². The number of carbonyl (C=O) groups excluding carboxylic acids is 1. The molecule has 1 saturated heterocycles. The van der Waals surface area contributed by atoms with Crippen LogP contribution in [0, 0.1) is 17.2 Å². The van der Waals surface area contributed by atoms with Gasteiger partial charge in [0.25, 0.3) is 5.91 Å². The molecule has 2 saturated carbocycles. The standard InChI is InChI=1S/C31H30N4O4/c32-15-23-20-4-2-1-3-18(20)13-22(33-23)29(37)34-21-9-10-31(38)25-14-19-7-8-24(36)27-26(19)30(31,28(21)39-27)11-12-35(25)16-17-5-6-17/h1-4,7-8,13,17,21,25,28,36,38H,5-6,9-12,14,16H2,(H,34,37)/t21-,25+,28-,30-,31+/m0/s1. The van der Waals surface area contributed by atoms with Crippen LogP contribution in [0.3, 0.4) is 0 Å². The summed E-state index contributed by atoms with van der Waals surface area (Å²) in [5, 5.41) is 37.7. The van der Waals surface area contributed by atoms with Crippen LogP contribution >= 0.6 is 0 Å². The lowest BCUT2D eigenvalue weighted by Crippen LogP contribution is -2.78. The number of benzene rings is 2. The Morgan fingerprint density at radius 3 is 2.87 bits per heavy atom. The highest BCUT2D eigenvalue weighted by molar-refractivity contribution is 5.98. The number of rotatable bonds is 4. The van der Waals surface area contributed by atoms with Gasteiger partial charge in [-0.25, -0.2) is 4.98 Å². The van der Waals surface area contributed by atoms with Gasteiger partial charge in [-0.1, -0.05) is 30.3 Å². The fraction of sp³-hybridized carbons (Fsp3) is 0.452. The van der Waals surface area contributed by atoms with Crippen LogP contribution in [-0.2, 0) is 11.8 Å². The predicted molar refractivity (Wildman–Crippen MR) is 143 cm³/mol. The molecular weight excluding hydrogens is 492 g/mol. The van der Waals surface area contributed by atoms with Gasteiger partial charge in [-0.3, -0.25) is 9.69 Å². The van der Waals surface area contributed by atoms with Gasteiger partial charge in [0.05, 0.1) is 17.1 Å². The van der Waals surface area contributed by atoms with Gasteiger partial charge < -0.3 is 20.3 Å². The first-order valence-electron chi connectivity index (χ1n) is 14.0. The number of phenolic OH excluding ortho intramolecular Hbond substituents is 1. The van der Waals surface area contributed by atoms with Gasteiger partial charge >= 0.3 is 0 Å². The summed E-state index contributed by atoms with van der Waals surface area (Å²) in [6.07, 6.45) is 4.54. The van der Waals surface area contributed by atoms with Crippen molar-refractivity contribution in [3.05, 3.63) is 65.0 Å². The number of ether oxygens (including phenoxy) is 1. The van der Waals surface area contributed by atoms with Crippen molar-refractivity contribution in [1.29, 1.82) is 5.26 Å². The lowest BCUT2D eigenvalue weighted by Gasteiger charge is -2.64. The molecule has 8 rings (SSSR count).